The summed E-state index contributed by atoms with van der Waals surface area (Å²) in [6, 6.07) is 8.36. The average Bonchev–Trinajstić information content (AvgIpc) is 3.25. The Hall–Kier alpha value is -3.02. The third-order valence-corrected chi connectivity index (χ3v) is 7.21. The molecule has 1 heterocycles. The molecule has 0 fully saturated rings. The normalized spacial score (nSPS) is 11.4. The van der Waals surface area contributed by atoms with Crippen LogP contribution in [0.25, 0.3) is 10.6 Å². The van der Waals surface area contributed by atoms with Crippen LogP contribution in [0.15, 0.2) is 46.7 Å². The van der Waals surface area contributed by atoms with Crippen molar-refractivity contribution in [3.05, 3.63) is 58.9 Å². The van der Waals surface area contributed by atoms with Crippen LogP contribution in [0, 0.1) is 5.82 Å². The molecule has 170 valence electrons. The van der Waals surface area contributed by atoms with E-state index in [0.29, 0.717) is 27.8 Å². The van der Waals surface area contributed by atoms with Gasteiger partial charge in [0.2, 0.25) is 10.0 Å². The van der Waals surface area contributed by atoms with Crippen molar-refractivity contribution in [1.29, 1.82) is 0 Å². The minimum Gasteiger partial charge on any atom is -0.493 e. The third kappa shape index (κ3) is 4.74. The largest absolute Gasteiger partial charge is 0.493 e. The first-order valence-electron chi connectivity index (χ1n) is 9.24. The molecule has 0 radical (unpaired) electrons. The molecule has 0 aliphatic rings. The summed E-state index contributed by atoms with van der Waals surface area (Å²) in [6.45, 7) is -0.217. The summed E-state index contributed by atoms with van der Waals surface area (Å²) >= 11 is 1.31. The van der Waals surface area contributed by atoms with E-state index in [-0.39, 0.29) is 11.5 Å². The summed E-state index contributed by atoms with van der Waals surface area (Å²) in [5, 5.41) is 2.32. The van der Waals surface area contributed by atoms with Gasteiger partial charge in [-0.1, -0.05) is 6.07 Å². The summed E-state index contributed by atoms with van der Waals surface area (Å²) in [7, 11) is 1.91. The second-order valence-corrected chi connectivity index (χ2v) is 9.70. The van der Waals surface area contributed by atoms with Gasteiger partial charge in [-0.15, -0.1) is 11.3 Å². The molecule has 0 aliphatic heterocycles. The number of ether oxygens (including phenoxy) is 3. The number of esters is 1. The number of para-hydroxylation sites is 1. The van der Waals surface area contributed by atoms with E-state index in [1.807, 2.05) is 6.07 Å². The molecule has 8 nitrogen and oxygen atoms in total. The van der Waals surface area contributed by atoms with Crippen LogP contribution < -0.4 is 9.47 Å². The van der Waals surface area contributed by atoms with E-state index in [9.17, 15) is 17.6 Å². The molecule has 2 aromatic carbocycles. The SMILES string of the molecule is COc1cccc(-c2nc(COC(=O)c3cc(S(=O)(=O)N(C)C)ccc3F)cs2)c1OC. The van der Waals surface area contributed by atoms with Crippen molar-refractivity contribution in [2.75, 3.05) is 28.3 Å². The van der Waals surface area contributed by atoms with Gasteiger partial charge in [-0.05, 0) is 30.3 Å². The number of carbonyl (C=O) groups excluding carboxylic acids is 1. The molecule has 11 heteroatoms. The first kappa shape index (κ1) is 23.6. The van der Waals surface area contributed by atoms with Crippen molar-refractivity contribution in [2.24, 2.45) is 0 Å². The summed E-state index contributed by atoms with van der Waals surface area (Å²) in [5.74, 6) is -0.801. The van der Waals surface area contributed by atoms with Gasteiger partial charge < -0.3 is 14.2 Å². The maximum absolute atomic E-state index is 14.2. The molecule has 1 aromatic heterocycles. The molecule has 0 aliphatic carbocycles. The van der Waals surface area contributed by atoms with Crippen molar-refractivity contribution in [1.82, 2.24) is 9.29 Å². The lowest BCUT2D eigenvalue weighted by Gasteiger charge is -2.12. The molecular weight excluding hydrogens is 459 g/mol. The Balaban J connectivity index is 1.78. The maximum Gasteiger partial charge on any atom is 0.341 e. The zero-order chi connectivity index (χ0) is 23.5. The number of carbonyl (C=O) groups is 1. The quantitative estimate of drug-likeness (QED) is 0.455. The fourth-order valence-electron chi connectivity index (χ4n) is 2.80. The zero-order valence-corrected chi connectivity index (χ0v) is 19.4. The Morgan fingerprint density at radius 2 is 1.91 bits per heavy atom. The number of benzene rings is 2. The highest BCUT2D eigenvalue weighted by Crippen LogP contribution is 2.39. The molecule has 0 amide bonds. The number of aromatic nitrogens is 1. The van der Waals surface area contributed by atoms with Gasteiger partial charge in [0.25, 0.3) is 0 Å². The molecular formula is C21H21FN2O6S2. The van der Waals surface area contributed by atoms with E-state index in [0.717, 1.165) is 22.5 Å². The fourth-order valence-corrected chi connectivity index (χ4v) is 4.56. The molecule has 32 heavy (non-hydrogen) atoms. The van der Waals surface area contributed by atoms with Crippen molar-refractivity contribution in [3.63, 3.8) is 0 Å². The highest BCUT2D eigenvalue weighted by molar-refractivity contribution is 7.89. The maximum atomic E-state index is 14.2. The van der Waals surface area contributed by atoms with E-state index in [2.05, 4.69) is 4.98 Å². The van der Waals surface area contributed by atoms with Gasteiger partial charge in [0.05, 0.1) is 35.9 Å². The number of hydrogen-bond acceptors (Lipinski definition) is 8. The number of sulfonamides is 1. The van der Waals surface area contributed by atoms with Crippen LogP contribution in [-0.4, -0.2) is 52.0 Å². The summed E-state index contributed by atoms with van der Waals surface area (Å²) < 4.78 is 55.5. The first-order valence-corrected chi connectivity index (χ1v) is 11.6. The molecule has 3 rings (SSSR count). The summed E-state index contributed by atoms with van der Waals surface area (Å²) in [5.41, 5.74) is 0.681. The number of rotatable bonds is 8. The van der Waals surface area contributed by atoms with Crippen LogP contribution in [0.4, 0.5) is 4.39 Å². The zero-order valence-electron chi connectivity index (χ0n) is 17.8. The van der Waals surface area contributed by atoms with Crippen LogP contribution in [0.2, 0.25) is 0 Å². The van der Waals surface area contributed by atoms with Gasteiger partial charge in [0, 0.05) is 19.5 Å². The minimum absolute atomic E-state index is 0.211. The van der Waals surface area contributed by atoms with E-state index in [4.69, 9.17) is 14.2 Å². The minimum atomic E-state index is -3.83. The molecule has 0 N–H and O–H groups in total. The molecule has 0 atom stereocenters. The smallest absolute Gasteiger partial charge is 0.341 e. The third-order valence-electron chi connectivity index (χ3n) is 4.47. The van der Waals surface area contributed by atoms with Gasteiger partial charge in [-0.2, -0.15) is 0 Å². The van der Waals surface area contributed by atoms with E-state index < -0.39 is 27.4 Å². The van der Waals surface area contributed by atoms with Crippen molar-refractivity contribution in [3.8, 4) is 22.1 Å². The Labute approximate surface area is 189 Å². The highest BCUT2D eigenvalue weighted by atomic mass is 32.2. The summed E-state index contributed by atoms with van der Waals surface area (Å²) in [4.78, 5) is 16.6. The van der Waals surface area contributed by atoms with Gasteiger partial charge in [0.15, 0.2) is 11.5 Å². The lowest BCUT2D eigenvalue weighted by molar-refractivity contribution is 0.0462. The van der Waals surface area contributed by atoms with Crippen LogP contribution in [0.3, 0.4) is 0 Å². The monoisotopic (exact) mass is 480 g/mol. The molecule has 0 unspecified atom stereocenters. The Kier molecular flexibility index (Phi) is 7.12. The van der Waals surface area contributed by atoms with Crippen molar-refractivity contribution in [2.45, 2.75) is 11.5 Å². The lowest BCUT2D eigenvalue weighted by Crippen LogP contribution is -2.22. The van der Waals surface area contributed by atoms with Crippen LogP contribution in [-0.2, 0) is 21.4 Å². The second-order valence-electron chi connectivity index (χ2n) is 6.69. The van der Waals surface area contributed by atoms with Gasteiger partial charge >= 0.3 is 5.97 Å². The Bertz CT molecular complexity index is 1240. The molecule has 0 saturated carbocycles. The van der Waals surface area contributed by atoms with Gasteiger partial charge in [0.1, 0.15) is 17.4 Å². The Morgan fingerprint density at radius 3 is 2.56 bits per heavy atom. The van der Waals surface area contributed by atoms with Crippen molar-refractivity contribution >= 4 is 27.3 Å². The number of methoxy groups -OCH3 is 2. The van der Waals surface area contributed by atoms with E-state index >= 15 is 0 Å². The molecule has 0 saturated heterocycles. The van der Waals surface area contributed by atoms with E-state index in [1.54, 1.807) is 17.5 Å². The van der Waals surface area contributed by atoms with Crippen molar-refractivity contribution < 1.29 is 31.8 Å². The lowest BCUT2D eigenvalue weighted by atomic mass is 10.2. The molecule has 0 spiro atoms. The number of thiazole rings is 1. The highest BCUT2D eigenvalue weighted by Gasteiger charge is 2.22. The van der Waals surface area contributed by atoms with E-state index in [1.165, 1.54) is 39.7 Å². The van der Waals surface area contributed by atoms with Gasteiger partial charge in [-0.3, -0.25) is 0 Å². The Morgan fingerprint density at radius 1 is 1.16 bits per heavy atom. The first-order chi connectivity index (χ1) is 15.2. The van der Waals surface area contributed by atoms with Gasteiger partial charge in [-0.25, -0.2) is 26.9 Å². The molecule has 3 aromatic rings. The standard InChI is InChI=1S/C21H21FN2O6S2/c1-24(2)32(26,27)14-8-9-17(22)16(10-14)21(25)30-11-13-12-31-20(23-13)15-6-5-7-18(28-3)19(15)29-4/h5-10,12H,11H2,1-4H3. The fraction of sp³-hybridized carbons (Fsp3) is 0.238. The molecule has 0 bridgehead atoms. The number of hydrogen-bond donors (Lipinski definition) is 0. The topological polar surface area (TPSA) is 95.0 Å². The van der Waals surface area contributed by atoms with Crippen LogP contribution in [0.5, 0.6) is 11.5 Å². The number of halogens is 1. The average molecular weight is 481 g/mol. The summed E-state index contributed by atoms with van der Waals surface area (Å²) in [6.07, 6.45) is 0. The second kappa shape index (κ2) is 9.63. The number of nitrogens with zero attached hydrogens (tertiary/aromatic N) is 2. The van der Waals surface area contributed by atoms with Crippen LogP contribution >= 0.6 is 11.3 Å². The predicted octanol–water partition coefficient (Wildman–Crippen LogP) is 3.57. The predicted molar refractivity (Wildman–Crippen MR) is 117 cm³/mol. The van der Waals surface area contributed by atoms with Crippen LogP contribution in [0.1, 0.15) is 16.1 Å².